The van der Waals surface area contributed by atoms with Gasteiger partial charge in [0.15, 0.2) is 0 Å². The summed E-state index contributed by atoms with van der Waals surface area (Å²) in [6.45, 7) is 11.3. The fourth-order valence-corrected chi connectivity index (χ4v) is 4.93. The molecule has 9 nitrogen and oxygen atoms in total. The van der Waals surface area contributed by atoms with Crippen LogP contribution >= 0.6 is 0 Å². The van der Waals surface area contributed by atoms with Crippen molar-refractivity contribution in [3.05, 3.63) is 29.3 Å². The molecule has 196 valence electrons. The van der Waals surface area contributed by atoms with Gasteiger partial charge in [0.05, 0.1) is 0 Å². The van der Waals surface area contributed by atoms with Crippen molar-refractivity contribution in [2.24, 2.45) is 5.41 Å². The molecule has 2 fully saturated rings. The molecule has 1 amide bonds. The van der Waals surface area contributed by atoms with Gasteiger partial charge in [0.2, 0.25) is 17.8 Å². The molecule has 0 spiro atoms. The van der Waals surface area contributed by atoms with Gasteiger partial charge in [-0.1, -0.05) is 46.1 Å². The molecule has 0 bridgehead atoms. The van der Waals surface area contributed by atoms with Crippen LogP contribution in [0.1, 0.15) is 75.2 Å². The Balaban J connectivity index is 1.56. The molecular formula is C27H42N8O. The summed E-state index contributed by atoms with van der Waals surface area (Å²) >= 11 is 0. The molecule has 0 unspecified atom stereocenters. The maximum absolute atomic E-state index is 12.9. The molecule has 1 aromatic carbocycles. The van der Waals surface area contributed by atoms with E-state index in [0.717, 1.165) is 50.1 Å². The maximum atomic E-state index is 12.9. The second kappa shape index (κ2) is 11.4. The number of hydrogen-bond donors (Lipinski definition) is 4. The molecule has 1 aliphatic carbocycles. The minimum absolute atomic E-state index is 0.0257. The van der Waals surface area contributed by atoms with Gasteiger partial charge in [-0.2, -0.15) is 15.0 Å². The summed E-state index contributed by atoms with van der Waals surface area (Å²) in [5, 5.41) is 13.4. The number of anilines is 4. The molecule has 4 N–H and O–H groups in total. The Morgan fingerprint density at radius 1 is 1.06 bits per heavy atom. The van der Waals surface area contributed by atoms with Gasteiger partial charge in [-0.3, -0.25) is 4.79 Å². The van der Waals surface area contributed by atoms with E-state index in [0.29, 0.717) is 23.4 Å². The van der Waals surface area contributed by atoms with Crippen LogP contribution in [-0.2, 0) is 0 Å². The van der Waals surface area contributed by atoms with Gasteiger partial charge < -0.3 is 26.2 Å². The van der Waals surface area contributed by atoms with Crippen LogP contribution in [0, 0.1) is 12.3 Å². The van der Waals surface area contributed by atoms with E-state index in [1.807, 2.05) is 32.2 Å². The standard InChI is InChI=1S/C27H42N8O/c1-18-11-12-19(23(36)29-20-9-7-6-8-10-20)15-22(18)31-25-32-24(30-21-13-14-28-16-21)33-26(34-25)35(5)17-27(2,3)4/h11-12,15,20-21,28H,6-10,13-14,16-17H2,1-5H3,(H,29,36)(H2,30,31,32,33,34)/t21-/m1/s1. The van der Waals surface area contributed by atoms with Crippen LogP contribution in [0.3, 0.4) is 0 Å². The molecule has 9 heteroatoms. The number of nitrogens with zero attached hydrogens (tertiary/aromatic N) is 4. The van der Waals surface area contributed by atoms with E-state index in [1.165, 1.54) is 19.3 Å². The lowest BCUT2D eigenvalue weighted by atomic mass is 9.95. The van der Waals surface area contributed by atoms with E-state index in [9.17, 15) is 4.79 Å². The predicted octanol–water partition coefficient (Wildman–Crippen LogP) is 4.24. The van der Waals surface area contributed by atoms with Crippen LogP contribution in [0.15, 0.2) is 18.2 Å². The Bertz CT molecular complexity index is 1040. The van der Waals surface area contributed by atoms with E-state index < -0.39 is 0 Å². The van der Waals surface area contributed by atoms with Crippen molar-refractivity contribution in [1.82, 2.24) is 25.6 Å². The molecule has 1 aromatic heterocycles. The molecule has 1 aliphatic heterocycles. The number of carbonyl (C=O) groups is 1. The van der Waals surface area contributed by atoms with E-state index >= 15 is 0 Å². The van der Waals surface area contributed by atoms with Crippen LogP contribution in [0.25, 0.3) is 0 Å². The van der Waals surface area contributed by atoms with Crippen LogP contribution < -0.4 is 26.2 Å². The van der Waals surface area contributed by atoms with Crippen LogP contribution in [0.2, 0.25) is 0 Å². The topological polar surface area (TPSA) is 107 Å². The van der Waals surface area contributed by atoms with Gasteiger partial charge in [-0.15, -0.1) is 0 Å². The summed E-state index contributed by atoms with van der Waals surface area (Å²) in [6, 6.07) is 6.30. The first-order valence-electron chi connectivity index (χ1n) is 13.3. The van der Waals surface area contributed by atoms with Crippen molar-refractivity contribution >= 4 is 29.4 Å². The SMILES string of the molecule is Cc1ccc(C(=O)NC2CCCCC2)cc1Nc1nc(N[C@@H]2CCNC2)nc(N(C)CC(C)(C)C)n1. The Kier molecular flexibility index (Phi) is 8.28. The number of aryl methyl sites for hydroxylation is 1. The third-order valence-corrected chi connectivity index (χ3v) is 6.76. The molecule has 2 heterocycles. The smallest absolute Gasteiger partial charge is 0.251 e. The first-order chi connectivity index (χ1) is 17.2. The quantitative estimate of drug-likeness (QED) is 0.432. The first-order valence-corrected chi connectivity index (χ1v) is 13.3. The summed E-state index contributed by atoms with van der Waals surface area (Å²) in [4.78, 5) is 29.1. The van der Waals surface area contributed by atoms with Crippen LogP contribution in [-0.4, -0.2) is 59.6 Å². The summed E-state index contributed by atoms with van der Waals surface area (Å²) in [6.07, 6.45) is 6.78. The zero-order valence-corrected chi connectivity index (χ0v) is 22.4. The molecule has 2 aromatic rings. The number of hydrogen-bond acceptors (Lipinski definition) is 8. The van der Waals surface area contributed by atoms with Gasteiger partial charge in [0.1, 0.15) is 0 Å². The second-order valence-electron chi connectivity index (χ2n) is 11.5. The fraction of sp³-hybridized carbons (Fsp3) is 0.630. The highest BCUT2D eigenvalue weighted by Crippen LogP contribution is 2.25. The van der Waals surface area contributed by atoms with Crippen molar-refractivity contribution in [2.45, 2.75) is 78.3 Å². The van der Waals surface area contributed by atoms with Crippen molar-refractivity contribution in [1.29, 1.82) is 0 Å². The van der Waals surface area contributed by atoms with Gasteiger partial charge in [0, 0.05) is 43.5 Å². The van der Waals surface area contributed by atoms with Crippen molar-refractivity contribution in [3.63, 3.8) is 0 Å². The van der Waals surface area contributed by atoms with Gasteiger partial charge in [-0.05, 0) is 55.8 Å². The third kappa shape index (κ3) is 7.29. The summed E-state index contributed by atoms with van der Waals surface area (Å²) < 4.78 is 0. The molecule has 1 saturated carbocycles. The summed E-state index contributed by atoms with van der Waals surface area (Å²) in [5.74, 6) is 1.60. The first kappa shape index (κ1) is 26.1. The minimum atomic E-state index is -0.0257. The maximum Gasteiger partial charge on any atom is 0.251 e. The highest BCUT2D eigenvalue weighted by atomic mass is 16.1. The van der Waals surface area contributed by atoms with E-state index in [2.05, 4.69) is 51.9 Å². The minimum Gasteiger partial charge on any atom is -0.350 e. The Morgan fingerprint density at radius 2 is 1.81 bits per heavy atom. The fourth-order valence-electron chi connectivity index (χ4n) is 4.93. The monoisotopic (exact) mass is 494 g/mol. The average Bonchev–Trinajstić information content (AvgIpc) is 3.33. The molecule has 1 atom stereocenters. The van der Waals surface area contributed by atoms with E-state index in [-0.39, 0.29) is 23.4 Å². The van der Waals surface area contributed by atoms with E-state index in [1.54, 1.807) is 0 Å². The van der Waals surface area contributed by atoms with Crippen molar-refractivity contribution < 1.29 is 4.79 Å². The lowest BCUT2D eigenvalue weighted by molar-refractivity contribution is 0.0927. The number of aromatic nitrogens is 3. The van der Waals surface area contributed by atoms with Crippen molar-refractivity contribution in [2.75, 3.05) is 42.2 Å². The lowest BCUT2D eigenvalue weighted by Crippen LogP contribution is -2.36. The second-order valence-corrected chi connectivity index (χ2v) is 11.5. The number of amides is 1. The zero-order chi connectivity index (χ0) is 25.7. The van der Waals surface area contributed by atoms with Crippen LogP contribution in [0.5, 0.6) is 0 Å². The Morgan fingerprint density at radius 3 is 2.50 bits per heavy atom. The van der Waals surface area contributed by atoms with Crippen molar-refractivity contribution in [3.8, 4) is 0 Å². The Labute approximate surface area is 215 Å². The highest BCUT2D eigenvalue weighted by molar-refractivity contribution is 5.95. The van der Waals surface area contributed by atoms with Gasteiger partial charge in [-0.25, -0.2) is 0 Å². The number of carbonyl (C=O) groups excluding carboxylic acids is 1. The average molecular weight is 495 g/mol. The molecule has 36 heavy (non-hydrogen) atoms. The summed E-state index contributed by atoms with van der Waals surface area (Å²) in [5.41, 5.74) is 2.57. The Hall–Kier alpha value is -2.94. The van der Waals surface area contributed by atoms with E-state index in [4.69, 9.17) is 9.97 Å². The third-order valence-electron chi connectivity index (χ3n) is 6.76. The number of benzene rings is 1. The molecule has 2 aliphatic rings. The number of rotatable bonds is 8. The van der Waals surface area contributed by atoms with Crippen LogP contribution in [0.4, 0.5) is 23.5 Å². The largest absolute Gasteiger partial charge is 0.350 e. The molecule has 1 saturated heterocycles. The lowest BCUT2D eigenvalue weighted by Gasteiger charge is -2.27. The zero-order valence-electron chi connectivity index (χ0n) is 22.4. The predicted molar refractivity (Wildman–Crippen MR) is 146 cm³/mol. The summed E-state index contributed by atoms with van der Waals surface area (Å²) in [7, 11) is 2.01. The normalized spacial score (nSPS) is 18.6. The highest BCUT2D eigenvalue weighted by Gasteiger charge is 2.21. The van der Waals surface area contributed by atoms with Gasteiger partial charge >= 0.3 is 0 Å². The van der Waals surface area contributed by atoms with Gasteiger partial charge in [0.25, 0.3) is 5.91 Å². The molecule has 4 rings (SSSR count). The molecule has 0 radical (unpaired) electrons. The number of nitrogens with one attached hydrogen (secondary N) is 4. The molecular weight excluding hydrogens is 452 g/mol.